The van der Waals surface area contributed by atoms with E-state index < -0.39 is 12.0 Å². The molecule has 19 heavy (non-hydrogen) atoms. The van der Waals surface area contributed by atoms with E-state index in [1.165, 1.54) is 0 Å². The van der Waals surface area contributed by atoms with E-state index in [2.05, 4.69) is 0 Å². The largest absolute Gasteiger partial charge is 0.481 e. The van der Waals surface area contributed by atoms with Crippen molar-refractivity contribution in [3.8, 4) is 0 Å². The summed E-state index contributed by atoms with van der Waals surface area (Å²) in [6.45, 7) is 8.90. The van der Waals surface area contributed by atoms with Gasteiger partial charge in [0.15, 0.2) is 0 Å². The van der Waals surface area contributed by atoms with E-state index >= 15 is 0 Å². The summed E-state index contributed by atoms with van der Waals surface area (Å²) in [5.41, 5.74) is 0. The maximum absolute atomic E-state index is 12.3. The molecule has 1 saturated heterocycles. The zero-order chi connectivity index (χ0) is 14.4. The maximum Gasteiger partial charge on any atom is 0.305 e. The zero-order valence-corrected chi connectivity index (χ0v) is 12.0. The van der Waals surface area contributed by atoms with Crippen LogP contribution in [0.4, 0.5) is 0 Å². The predicted molar refractivity (Wildman–Crippen MR) is 71.0 cm³/mol. The molecule has 0 aromatic carbocycles. The molecule has 1 unspecified atom stereocenters. The van der Waals surface area contributed by atoms with Gasteiger partial charge in [0, 0.05) is 32.3 Å². The molecule has 1 rings (SSSR count). The average Bonchev–Trinajstić information content (AvgIpc) is 2.33. The van der Waals surface area contributed by atoms with E-state index in [4.69, 9.17) is 9.84 Å². The zero-order valence-electron chi connectivity index (χ0n) is 12.0. The topological polar surface area (TPSA) is 70.1 Å². The minimum atomic E-state index is -0.935. The maximum atomic E-state index is 12.3. The molecular formula is C13H24N2O4. The van der Waals surface area contributed by atoms with E-state index in [9.17, 15) is 9.59 Å². The first kappa shape index (κ1) is 15.9. The molecule has 110 valence electrons. The molecule has 6 heteroatoms. The van der Waals surface area contributed by atoms with Crippen molar-refractivity contribution in [1.29, 1.82) is 0 Å². The van der Waals surface area contributed by atoms with Crippen molar-refractivity contribution < 1.29 is 19.4 Å². The van der Waals surface area contributed by atoms with Crippen molar-refractivity contribution in [3.05, 3.63) is 0 Å². The molecule has 0 bridgehead atoms. The second kappa shape index (κ2) is 7.45. The number of amides is 1. The molecule has 1 heterocycles. The molecule has 0 aromatic heterocycles. The van der Waals surface area contributed by atoms with Crippen LogP contribution in [0.25, 0.3) is 0 Å². The summed E-state index contributed by atoms with van der Waals surface area (Å²) >= 11 is 0. The Bertz CT molecular complexity index is 320. The van der Waals surface area contributed by atoms with Crippen molar-refractivity contribution >= 4 is 11.9 Å². The normalized spacial score (nSPS) is 21.2. The van der Waals surface area contributed by atoms with Crippen LogP contribution in [0.15, 0.2) is 0 Å². The highest BCUT2D eigenvalue weighted by molar-refractivity contribution is 5.86. The molecule has 0 radical (unpaired) electrons. The summed E-state index contributed by atoms with van der Waals surface area (Å²) in [5.74, 6) is -1.03. The van der Waals surface area contributed by atoms with Gasteiger partial charge in [0.1, 0.15) is 6.04 Å². The number of nitrogens with zero attached hydrogens (tertiary/aromatic N) is 2. The van der Waals surface area contributed by atoms with Crippen molar-refractivity contribution in [1.82, 2.24) is 9.80 Å². The molecule has 0 saturated carbocycles. The number of carbonyl (C=O) groups is 2. The molecular weight excluding hydrogens is 248 g/mol. The molecule has 0 aromatic rings. The average molecular weight is 272 g/mol. The van der Waals surface area contributed by atoms with Crippen molar-refractivity contribution in [3.63, 3.8) is 0 Å². The summed E-state index contributed by atoms with van der Waals surface area (Å²) in [6, 6.07) is -0.379. The highest BCUT2D eigenvalue weighted by Crippen LogP contribution is 2.17. The summed E-state index contributed by atoms with van der Waals surface area (Å²) in [5, 5.41) is 8.96. The highest BCUT2D eigenvalue weighted by atomic mass is 16.5. The third-order valence-electron chi connectivity index (χ3n) is 3.37. The van der Waals surface area contributed by atoms with Crippen LogP contribution < -0.4 is 0 Å². The van der Waals surface area contributed by atoms with Crippen LogP contribution in [0.5, 0.6) is 0 Å². The summed E-state index contributed by atoms with van der Waals surface area (Å²) in [4.78, 5) is 26.9. The lowest BCUT2D eigenvalue weighted by atomic mass is 10.1. The molecule has 0 spiro atoms. The molecule has 1 fully saturated rings. The van der Waals surface area contributed by atoms with Gasteiger partial charge in [-0.2, -0.15) is 0 Å². The third kappa shape index (κ3) is 4.47. The number of aliphatic carboxylic acids is 1. The van der Waals surface area contributed by atoms with Gasteiger partial charge in [0.05, 0.1) is 13.0 Å². The van der Waals surface area contributed by atoms with Gasteiger partial charge in [-0.25, -0.2) is 0 Å². The molecule has 1 atom stereocenters. The van der Waals surface area contributed by atoms with Gasteiger partial charge in [0.2, 0.25) is 5.91 Å². The standard InChI is InChI=1S/C13H24N2O4/c1-4-19-8-7-14-5-6-15(10(2)3)11(13(14)18)9-12(16)17/h10-11H,4-9H2,1-3H3,(H,16,17). The minimum absolute atomic E-state index is 0.0953. The fourth-order valence-electron chi connectivity index (χ4n) is 2.38. The fraction of sp³-hybridized carbons (Fsp3) is 0.846. The van der Waals surface area contributed by atoms with Gasteiger partial charge in [-0.3, -0.25) is 14.5 Å². The molecule has 1 aliphatic rings. The van der Waals surface area contributed by atoms with Gasteiger partial charge in [-0.05, 0) is 20.8 Å². The van der Waals surface area contributed by atoms with Gasteiger partial charge >= 0.3 is 5.97 Å². The Labute approximate surface area is 114 Å². The predicted octanol–water partition coefficient (Wildman–Crippen LogP) is 0.419. The SMILES string of the molecule is CCOCCN1CCN(C(C)C)C(CC(=O)O)C1=O. The summed E-state index contributed by atoms with van der Waals surface area (Å²) in [6.07, 6.45) is -0.137. The number of rotatable bonds is 7. The van der Waals surface area contributed by atoms with Crippen LogP contribution in [0.3, 0.4) is 0 Å². The summed E-state index contributed by atoms with van der Waals surface area (Å²) < 4.78 is 5.25. The van der Waals surface area contributed by atoms with E-state index in [1.807, 2.05) is 25.7 Å². The Morgan fingerprint density at radius 1 is 1.47 bits per heavy atom. The van der Waals surface area contributed by atoms with Crippen LogP contribution in [0.2, 0.25) is 0 Å². The van der Waals surface area contributed by atoms with Crippen molar-refractivity contribution in [2.45, 2.75) is 39.3 Å². The lowest BCUT2D eigenvalue weighted by Gasteiger charge is -2.42. The van der Waals surface area contributed by atoms with E-state index in [1.54, 1.807) is 4.90 Å². The van der Waals surface area contributed by atoms with Crippen LogP contribution in [-0.2, 0) is 14.3 Å². The van der Waals surface area contributed by atoms with E-state index in [0.29, 0.717) is 32.8 Å². The van der Waals surface area contributed by atoms with Crippen LogP contribution in [0.1, 0.15) is 27.2 Å². The third-order valence-corrected chi connectivity index (χ3v) is 3.37. The molecule has 1 N–H and O–H groups in total. The van der Waals surface area contributed by atoms with Crippen LogP contribution in [-0.4, -0.2) is 71.7 Å². The van der Waals surface area contributed by atoms with Crippen LogP contribution >= 0.6 is 0 Å². The lowest BCUT2D eigenvalue weighted by molar-refractivity contribution is -0.150. The van der Waals surface area contributed by atoms with Gasteiger partial charge in [0.25, 0.3) is 0 Å². The smallest absolute Gasteiger partial charge is 0.305 e. The number of carboxylic acid groups (broad SMARTS) is 1. The lowest BCUT2D eigenvalue weighted by Crippen LogP contribution is -2.59. The quantitative estimate of drug-likeness (QED) is 0.680. The summed E-state index contributed by atoms with van der Waals surface area (Å²) in [7, 11) is 0. The minimum Gasteiger partial charge on any atom is -0.481 e. The number of hydrogen-bond donors (Lipinski definition) is 1. The Kier molecular flexibility index (Phi) is 6.24. The second-order valence-electron chi connectivity index (χ2n) is 4.97. The highest BCUT2D eigenvalue weighted by Gasteiger charge is 2.36. The molecule has 1 aliphatic heterocycles. The number of carboxylic acids is 1. The van der Waals surface area contributed by atoms with Crippen molar-refractivity contribution in [2.75, 3.05) is 32.8 Å². The van der Waals surface area contributed by atoms with E-state index in [-0.39, 0.29) is 18.4 Å². The Morgan fingerprint density at radius 3 is 2.68 bits per heavy atom. The van der Waals surface area contributed by atoms with E-state index in [0.717, 1.165) is 0 Å². The Hall–Kier alpha value is -1.14. The Balaban J connectivity index is 2.67. The molecule has 1 amide bonds. The first-order valence-electron chi connectivity index (χ1n) is 6.81. The number of piperazine rings is 1. The van der Waals surface area contributed by atoms with Gasteiger partial charge in [-0.1, -0.05) is 0 Å². The number of hydrogen-bond acceptors (Lipinski definition) is 4. The number of ether oxygens (including phenoxy) is 1. The first-order valence-corrected chi connectivity index (χ1v) is 6.81. The fourth-order valence-corrected chi connectivity index (χ4v) is 2.38. The van der Waals surface area contributed by atoms with Gasteiger partial charge < -0.3 is 14.7 Å². The molecule has 6 nitrogen and oxygen atoms in total. The Morgan fingerprint density at radius 2 is 2.16 bits per heavy atom. The van der Waals surface area contributed by atoms with Crippen LogP contribution in [0, 0.1) is 0 Å². The first-order chi connectivity index (χ1) is 8.97. The second-order valence-corrected chi connectivity index (χ2v) is 4.97. The van der Waals surface area contributed by atoms with Gasteiger partial charge in [-0.15, -0.1) is 0 Å². The molecule has 0 aliphatic carbocycles. The van der Waals surface area contributed by atoms with Crippen molar-refractivity contribution in [2.24, 2.45) is 0 Å². The number of carbonyl (C=O) groups excluding carboxylic acids is 1. The monoisotopic (exact) mass is 272 g/mol.